The van der Waals surface area contributed by atoms with Crippen LogP contribution < -0.4 is 5.32 Å². The van der Waals surface area contributed by atoms with Gasteiger partial charge in [-0.25, -0.2) is 0 Å². The molecule has 0 radical (unpaired) electrons. The second-order valence-corrected chi connectivity index (χ2v) is 4.90. The van der Waals surface area contributed by atoms with Crippen molar-refractivity contribution in [3.05, 3.63) is 71.8 Å². The van der Waals surface area contributed by atoms with Crippen molar-refractivity contribution in [2.24, 2.45) is 0 Å². The summed E-state index contributed by atoms with van der Waals surface area (Å²) in [6, 6.07) is 12.6. The van der Waals surface area contributed by atoms with Crippen LogP contribution in [0.2, 0.25) is 0 Å². The topological polar surface area (TPSA) is 37.8 Å². The van der Waals surface area contributed by atoms with Crippen LogP contribution in [0.3, 0.4) is 0 Å². The van der Waals surface area contributed by atoms with Crippen molar-refractivity contribution in [1.82, 2.24) is 15.3 Å². The minimum atomic E-state index is 0.121. The van der Waals surface area contributed by atoms with Crippen molar-refractivity contribution in [1.29, 1.82) is 0 Å². The maximum absolute atomic E-state index is 4.37. The zero-order valence-electron chi connectivity index (χ0n) is 11.7. The second-order valence-electron chi connectivity index (χ2n) is 4.90. The molecule has 3 nitrogen and oxygen atoms in total. The highest BCUT2D eigenvalue weighted by atomic mass is 14.9. The van der Waals surface area contributed by atoms with E-state index in [4.69, 9.17) is 0 Å². The van der Waals surface area contributed by atoms with Gasteiger partial charge in [0.05, 0.1) is 6.04 Å². The van der Waals surface area contributed by atoms with Gasteiger partial charge in [0, 0.05) is 29.7 Å². The first-order valence-corrected chi connectivity index (χ1v) is 6.72. The summed E-state index contributed by atoms with van der Waals surface area (Å²) in [4.78, 5) is 8.64. The van der Waals surface area contributed by atoms with Crippen LogP contribution in [0.25, 0.3) is 10.8 Å². The van der Waals surface area contributed by atoms with Crippen molar-refractivity contribution in [3.63, 3.8) is 0 Å². The quantitative estimate of drug-likeness (QED) is 0.788. The number of pyridine rings is 2. The van der Waals surface area contributed by atoms with E-state index in [9.17, 15) is 0 Å². The van der Waals surface area contributed by atoms with Crippen LogP contribution in [0.4, 0.5) is 0 Å². The fourth-order valence-corrected chi connectivity index (χ4v) is 2.62. The number of nitrogens with one attached hydrogen (secondary N) is 1. The van der Waals surface area contributed by atoms with Gasteiger partial charge in [-0.3, -0.25) is 9.97 Å². The molecule has 100 valence electrons. The lowest BCUT2D eigenvalue weighted by Gasteiger charge is -2.19. The highest BCUT2D eigenvalue weighted by Gasteiger charge is 2.15. The van der Waals surface area contributed by atoms with Crippen LogP contribution in [-0.2, 0) is 0 Å². The predicted octanol–water partition coefficient (Wildman–Crippen LogP) is 3.25. The van der Waals surface area contributed by atoms with E-state index >= 15 is 0 Å². The van der Waals surface area contributed by atoms with Gasteiger partial charge in [-0.2, -0.15) is 0 Å². The van der Waals surface area contributed by atoms with Gasteiger partial charge in [0.2, 0.25) is 0 Å². The molecule has 0 saturated carbocycles. The lowest BCUT2D eigenvalue weighted by Crippen LogP contribution is -2.18. The van der Waals surface area contributed by atoms with E-state index in [1.807, 2.05) is 38.6 Å². The zero-order valence-corrected chi connectivity index (χ0v) is 11.7. The maximum Gasteiger partial charge on any atom is 0.0596 e. The third-order valence-electron chi connectivity index (χ3n) is 3.55. The Morgan fingerprint density at radius 1 is 1.10 bits per heavy atom. The van der Waals surface area contributed by atoms with Gasteiger partial charge in [-0.05, 0) is 42.6 Å². The Morgan fingerprint density at radius 3 is 2.75 bits per heavy atom. The lowest BCUT2D eigenvalue weighted by molar-refractivity contribution is 0.692. The number of nitrogens with zero attached hydrogens (tertiary/aromatic N) is 2. The molecule has 0 amide bonds. The largest absolute Gasteiger partial charge is 0.309 e. The van der Waals surface area contributed by atoms with E-state index in [1.54, 1.807) is 0 Å². The molecule has 0 saturated heterocycles. The summed E-state index contributed by atoms with van der Waals surface area (Å²) in [5.41, 5.74) is 3.42. The van der Waals surface area contributed by atoms with Gasteiger partial charge in [-0.15, -0.1) is 0 Å². The van der Waals surface area contributed by atoms with E-state index in [0.29, 0.717) is 0 Å². The van der Waals surface area contributed by atoms with Gasteiger partial charge in [-0.1, -0.05) is 24.3 Å². The van der Waals surface area contributed by atoms with Gasteiger partial charge >= 0.3 is 0 Å². The highest BCUT2D eigenvalue weighted by Crippen LogP contribution is 2.27. The normalized spacial score (nSPS) is 12.5. The Morgan fingerprint density at radius 2 is 1.95 bits per heavy atom. The van der Waals surface area contributed by atoms with Crippen LogP contribution in [0.15, 0.2) is 55.0 Å². The molecule has 1 N–H and O–H groups in total. The standard InChI is InChI=1S/C17H17N3/c1-12-9-13(7-8-20-12)17(18-2)16-11-19-10-14-5-3-4-6-15(14)16/h3-11,17-18H,1-2H3. The molecule has 0 bridgehead atoms. The Labute approximate surface area is 118 Å². The number of hydrogen-bond acceptors (Lipinski definition) is 3. The summed E-state index contributed by atoms with van der Waals surface area (Å²) < 4.78 is 0. The van der Waals surface area contributed by atoms with E-state index in [2.05, 4.69) is 45.6 Å². The van der Waals surface area contributed by atoms with E-state index in [0.717, 1.165) is 11.1 Å². The summed E-state index contributed by atoms with van der Waals surface area (Å²) >= 11 is 0. The molecule has 0 fully saturated rings. The van der Waals surface area contributed by atoms with Crippen molar-refractivity contribution >= 4 is 10.8 Å². The Hall–Kier alpha value is -2.26. The monoisotopic (exact) mass is 263 g/mol. The maximum atomic E-state index is 4.37. The third kappa shape index (κ3) is 2.28. The van der Waals surface area contributed by atoms with Crippen LogP contribution in [0.5, 0.6) is 0 Å². The second kappa shape index (κ2) is 5.39. The summed E-state index contributed by atoms with van der Waals surface area (Å²) in [6.45, 7) is 2.01. The Bertz CT molecular complexity index is 732. The molecule has 2 heterocycles. The van der Waals surface area contributed by atoms with Crippen molar-refractivity contribution in [2.45, 2.75) is 13.0 Å². The van der Waals surface area contributed by atoms with Crippen LogP contribution in [-0.4, -0.2) is 17.0 Å². The molecule has 20 heavy (non-hydrogen) atoms. The fourth-order valence-electron chi connectivity index (χ4n) is 2.62. The summed E-state index contributed by atoms with van der Waals surface area (Å²) in [7, 11) is 1.97. The molecule has 0 aliphatic rings. The molecule has 0 aliphatic carbocycles. The average Bonchev–Trinajstić information content (AvgIpc) is 2.48. The van der Waals surface area contributed by atoms with Crippen molar-refractivity contribution < 1.29 is 0 Å². The van der Waals surface area contributed by atoms with E-state index in [-0.39, 0.29) is 6.04 Å². The third-order valence-corrected chi connectivity index (χ3v) is 3.55. The van der Waals surface area contributed by atoms with Crippen molar-refractivity contribution in [3.8, 4) is 0 Å². The molecule has 1 aromatic carbocycles. The van der Waals surface area contributed by atoms with Crippen LogP contribution >= 0.6 is 0 Å². The molecule has 3 aromatic rings. The number of rotatable bonds is 3. The zero-order chi connectivity index (χ0) is 13.9. The SMILES string of the molecule is CNC(c1ccnc(C)c1)c1cncc2ccccc12. The van der Waals surface area contributed by atoms with Gasteiger partial charge < -0.3 is 5.32 Å². The Balaban J connectivity index is 2.17. The number of aryl methyl sites for hydroxylation is 1. The van der Waals surface area contributed by atoms with Gasteiger partial charge in [0.25, 0.3) is 0 Å². The van der Waals surface area contributed by atoms with Crippen LogP contribution in [0, 0.1) is 6.92 Å². The number of aromatic nitrogens is 2. The Kier molecular flexibility index (Phi) is 3.44. The average molecular weight is 263 g/mol. The summed E-state index contributed by atoms with van der Waals surface area (Å²) in [6.07, 6.45) is 5.70. The van der Waals surface area contributed by atoms with Crippen LogP contribution in [0.1, 0.15) is 22.9 Å². The molecule has 3 rings (SSSR count). The highest BCUT2D eigenvalue weighted by molar-refractivity contribution is 5.85. The summed E-state index contributed by atoms with van der Waals surface area (Å²) in [5.74, 6) is 0. The van der Waals surface area contributed by atoms with E-state index in [1.165, 1.54) is 16.5 Å². The minimum Gasteiger partial charge on any atom is -0.309 e. The molecular weight excluding hydrogens is 246 g/mol. The molecule has 2 aromatic heterocycles. The van der Waals surface area contributed by atoms with Gasteiger partial charge in [0.15, 0.2) is 0 Å². The molecule has 0 aliphatic heterocycles. The molecule has 1 unspecified atom stereocenters. The lowest BCUT2D eigenvalue weighted by atomic mass is 9.96. The van der Waals surface area contributed by atoms with Gasteiger partial charge in [0.1, 0.15) is 0 Å². The van der Waals surface area contributed by atoms with Crippen molar-refractivity contribution in [2.75, 3.05) is 7.05 Å². The molecule has 0 spiro atoms. The number of fused-ring (bicyclic) bond motifs is 1. The first-order valence-electron chi connectivity index (χ1n) is 6.72. The predicted molar refractivity (Wildman–Crippen MR) is 81.6 cm³/mol. The molecule has 1 atom stereocenters. The first-order chi connectivity index (χ1) is 9.79. The smallest absolute Gasteiger partial charge is 0.0596 e. The fraction of sp³-hybridized carbons (Fsp3) is 0.176. The summed E-state index contributed by atoms with van der Waals surface area (Å²) in [5, 5.41) is 5.78. The number of benzene rings is 1. The minimum absolute atomic E-state index is 0.121. The first kappa shape index (κ1) is 12.8. The van der Waals surface area contributed by atoms with E-state index < -0.39 is 0 Å². The molecular formula is C17H17N3. The molecule has 3 heteroatoms. The number of hydrogen-bond donors (Lipinski definition) is 1.